The number of hydrogen-bond donors (Lipinski definition) is 1. The summed E-state index contributed by atoms with van der Waals surface area (Å²) in [5.74, 6) is -0.314. The van der Waals surface area contributed by atoms with Crippen molar-refractivity contribution >= 4 is 27.5 Å². The van der Waals surface area contributed by atoms with Crippen molar-refractivity contribution in [3.8, 4) is 0 Å². The van der Waals surface area contributed by atoms with Gasteiger partial charge >= 0.3 is 0 Å². The maximum absolute atomic E-state index is 11.7. The lowest BCUT2D eigenvalue weighted by molar-refractivity contribution is 0.102. The zero-order valence-electron chi connectivity index (χ0n) is 7.48. The molecule has 0 unspecified atom stereocenters. The first-order valence-corrected chi connectivity index (χ1v) is 4.88. The van der Waals surface area contributed by atoms with E-state index >= 15 is 0 Å². The minimum absolute atomic E-state index is 0.314. The van der Waals surface area contributed by atoms with E-state index in [4.69, 9.17) is 0 Å². The molecule has 0 aliphatic heterocycles. The second kappa shape index (κ2) is 4.22. The molecule has 6 heteroatoms. The molecule has 0 fully saturated rings. The second-order valence-corrected chi connectivity index (χ2v) is 3.56. The van der Waals surface area contributed by atoms with Crippen molar-refractivity contribution in [3.05, 3.63) is 41.0 Å². The van der Waals surface area contributed by atoms with Gasteiger partial charge in [0.25, 0.3) is 5.91 Å². The summed E-state index contributed by atoms with van der Waals surface area (Å²) in [5, 5.41) is 6.06. The lowest BCUT2D eigenvalue weighted by Crippen LogP contribution is -2.13. The molecule has 5 nitrogen and oxygen atoms in total. The Morgan fingerprint density at radius 1 is 1.53 bits per heavy atom. The van der Waals surface area contributed by atoms with E-state index < -0.39 is 0 Å². The zero-order valence-corrected chi connectivity index (χ0v) is 9.06. The second-order valence-electron chi connectivity index (χ2n) is 2.70. The van der Waals surface area contributed by atoms with Crippen LogP contribution in [0.15, 0.2) is 39.8 Å². The Morgan fingerprint density at radius 3 is 3.07 bits per heavy atom. The van der Waals surface area contributed by atoms with Crippen molar-refractivity contribution in [1.29, 1.82) is 0 Å². The van der Waals surface area contributed by atoms with E-state index in [0.29, 0.717) is 15.9 Å². The molecule has 0 radical (unpaired) electrons. The predicted molar refractivity (Wildman–Crippen MR) is 56.4 cm³/mol. The van der Waals surface area contributed by atoms with Gasteiger partial charge in [0, 0.05) is 10.7 Å². The van der Waals surface area contributed by atoms with Crippen molar-refractivity contribution < 1.29 is 9.32 Å². The van der Waals surface area contributed by atoms with Gasteiger partial charge < -0.3 is 9.84 Å². The Kier molecular flexibility index (Phi) is 2.77. The van der Waals surface area contributed by atoms with E-state index in [9.17, 15) is 4.79 Å². The van der Waals surface area contributed by atoms with Crippen LogP contribution in [0.1, 0.15) is 10.5 Å². The number of pyridine rings is 1. The van der Waals surface area contributed by atoms with Crippen LogP contribution in [-0.2, 0) is 0 Å². The molecule has 76 valence electrons. The van der Waals surface area contributed by atoms with Crippen LogP contribution in [0.2, 0.25) is 0 Å². The SMILES string of the molecule is O=C(Nc1cnoc1)c1ncccc1Br. The number of nitrogens with zero attached hydrogens (tertiary/aromatic N) is 2. The highest BCUT2D eigenvalue weighted by Crippen LogP contribution is 2.15. The molecule has 1 N–H and O–H groups in total. The quantitative estimate of drug-likeness (QED) is 0.905. The van der Waals surface area contributed by atoms with Crippen LogP contribution in [0, 0.1) is 0 Å². The summed E-state index contributed by atoms with van der Waals surface area (Å²) >= 11 is 3.24. The largest absolute Gasteiger partial charge is 0.363 e. The molecule has 2 aromatic rings. The van der Waals surface area contributed by atoms with E-state index in [-0.39, 0.29) is 5.91 Å². The molecule has 2 rings (SSSR count). The van der Waals surface area contributed by atoms with Gasteiger partial charge in [-0.15, -0.1) is 0 Å². The summed E-state index contributed by atoms with van der Waals surface area (Å²) in [4.78, 5) is 15.6. The van der Waals surface area contributed by atoms with E-state index in [0.717, 1.165) is 0 Å². The fraction of sp³-hybridized carbons (Fsp3) is 0. The molecular weight excluding hydrogens is 262 g/mol. The number of amides is 1. The van der Waals surface area contributed by atoms with Gasteiger partial charge in [0.05, 0.1) is 6.20 Å². The molecule has 0 atom stereocenters. The molecule has 2 heterocycles. The lowest BCUT2D eigenvalue weighted by Gasteiger charge is -2.02. The zero-order chi connectivity index (χ0) is 10.7. The average molecular weight is 268 g/mol. The van der Waals surface area contributed by atoms with E-state index in [2.05, 4.69) is 35.9 Å². The molecule has 0 saturated heterocycles. The Labute approximate surface area is 93.6 Å². The summed E-state index contributed by atoms with van der Waals surface area (Å²) in [5.41, 5.74) is 0.816. The van der Waals surface area contributed by atoms with Crippen LogP contribution >= 0.6 is 15.9 Å². The van der Waals surface area contributed by atoms with Crippen molar-refractivity contribution in [1.82, 2.24) is 10.1 Å². The van der Waals surface area contributed by atoms with Crippen LogP contribution in [0.5, 0.6) is 0 Å². The van der Waals surface area contributed by atoms with Crippen LogP contribution in [-0.4, -0.2) is 16.0 Å². The van der Waals surface area contributed by atoms with Gasteiger partial charge in [0.1, 0.15) is 17.6 Å². The molecule has 0 spiro atoms. The summed E-state index contributed by atoms with van der Waals surface area (Å²) < 4.78 is 5.22. The molecule has 0 aromatic carbocycles. The van der Waals surface area contributed by atoms with Crippen LogP contribution < -0.4 is 5.32 Å². The van der Waals surface area contributed by atoms with Gasteiger partial charge in [-0.2, -0.15) is 0 Å². The molecule has 2 aromatic heterocycles. The number of carbonyl (C=O) groups is 1. The average Bonchev–Trinajstić information content (AvgIpc) is 2.71. The molecule has 1 amide bonds. The molecule has 0 aliphatic rings. The third kappa shape index (κ3) is 2.21. The highest BCUT2D eigenvalue weighted by Gasteiger charge is 2.11. The van der Waals surface area contributed by atoms with Gasteiger partial charge in [-0.25, -0.2) is 4.98 Å². The van der Waals surface area contributed by atoms with Crippen LogP contribution in [0.3, 0.4) is 0 Å². The van der Waals surface area contributed by atoms with E-state index in [1.54, 1.807) is 18.3 Å². The first kappa shape index (κ1) is 9.85. The van der Waals surface area contributed by atoms with Crippen molar-refractivity contribution in [2.24, 2.45) is 0 Å². The number of carbonyl (C=O) groups excluding carboxylic acids is 1. The highest BCUT2D eigenvalue weighted by atomic mass is 79.9. The molecule has 0 aliphatic carbocycles. The molecule has 0 bridgehead atoms. The van der Waals surface area contributed by atoms with Crippen molar-refractivity contribution in [2.45, 2.75) is 0 Å². The number of aromatic nitrogens is 2. The first-order valence-electron chi connectivity index (χ1n) is 4.08. The normalized spacial score (nSPS) is 9.93. The summed E-state index contributed by atoms with van der Waals surface area (Å²) in [6.07, 6.45) is 4.30. The van der Waals surface area contributed by atoms with Crippen LogP contribution in [0.4, 0.5) is 5.69 Å². The standard InChI is InChI=1S/C9H6BrN3O2/c10-7-2-1-3-11-8(7)9(14)13-6-4-12-15-5-6/h1-5H,(H,13,14). The molecule has 15 heavy (non-hydrogen) atoms. The first-order chi connectivity index (χ1) is 7.27. The van der Waals surface area contributed by atoms with Gasteiger partial charge in [0.15, 0.2) is 0 Å². The minimum atomic E-state index is -0.314. The Balaban J connectivity index is 2.19. The molecular formula is C9H6BrN3O2. The number of nitrogens with one attached hydrogen (secondary N) is 1. The number of hydrogen-bond acceptors (Lipinski definition) is 4. The summed E-state index contributed by atoms with van der Waals surface area (Å²) in [7, 11) is 0. The van der Waals surface area contributed by atoms with Gasteiger partial charge in [-0.1, -0.05) is 5.16 Å². The maximum Gasteiger partial charge on any atom is 0.275 e. The third-order valence-corrected chi connectivity index (χ3v) is 2.30. The Hall–Kier alpha value is -1.69. The minimum Gasteiger partial charge on any atom is -0.363 e. The smallest absolute Gasteiger partial charge is 0.275 e. The number of halogens is 1. The lowest BCUT2D eigenvalue weighted by atomic mass is 10.3. The number of rotatable bonds is 2. The highest BCUT2D eigenvalue weighted by molar-refractivity contribution is 9.10. The molecule has 0 saturated carbocycles. The summed E-state index contributed by atoms with van der Waals surface area (Å²) in [6, 6.07) is 3.48. The predicted octanol–water partition coefficient (Wildman–Crippen LogP) is 2.08. The maximum atomic E-state index is 11.7. The van der Waals surface area contributed by atoms with E-state index in [1.165, 1.54) is 12.5 Å². The number of anilines is 1. The topological polar surface area (TPSA) is 68.0 Å². The fourth-order valence-corrected chi connectivity index (χ4v) is 1.44. The van der Waals surface area contributed by atoms with E-state index in [1.807, 2.05) is 0 Å². The Bertz CT molecular complexity index is 470. The van der Waals surface area contributed by atoms with Crippen molar-refractivity contribution in [3.63, 3.8) is 0 Å². The van der Waals surface area contributed by atoms with Gasteiger partial charge in [-0.05, 0) is 28.1 Å². The third-order valence-electron chi connectivity index (χ3n) is 1.66. The van der Waals surface area contributed by atoms with Crippen molar-refractivity contribution in [2.75, 3.05) is 5.32 Å². The van der Waals surface area contributed by atoms with Crippen LogP contribution in [0.25, 0.3) is 0 Å². The summed E-state index contributed by atoms with van der Waals surface area (Å²) in [6.45, 7) is 0. The fourth-order valence-electron chi connectivity index (χ4n) is 1.01. The van der Waals surface area contributed by atoms with Gasteiger partial charge in [-0.3, -0.25) is 4.79 Å². The Morgan fingerprint density at radius 2 is 2.40 bits per heavy atom. The monoisotopic (exact) mass is 267 g/mol. The van der Waals surface area contributed by atoms with Gasteiger partial charge in [0.2, 0.25) is 0 Å².